The predicted octanol–water partition coefficient (Wildman–Crippen LogP) is 13.0. The second kappa shape index (κ2) is 36.5. The monoisotopic (exact) mass is 756 g/mol. The molecule has 312 valence electrons. The quantitative estimate of drug-likeness (QED) is 0.0355. The van der Waals surface area contributed by atoms with Crippen molar-refractivity contribution in [3.63, 3.8) is 0 Å². The van der Waals surface area contributed by atoms with E-state index in [4.69, 9.17) is 4.74 Å². The summed E-state index contributed by atoms with van der Waals surface area (Å²) in [4.78, 5) is 26.2. The van der Waals surface area contributed by atoms with E-state index in [0.717, 1.165) is 38.0 Å². The van der Waals surface area contributed by atoms with Crippen LogP contribution in [0.2, 0.25) is 0 Å². The molecule has 6 nitrogen and oxygen atoms in total. The lowest BCUT2D eigenvalue weighted by Gasteiger charge is -2.24. The molecule has 0 radical (unpaired) electrons. The highest BCUT2D eigenvalue weighted by atomic mass is 16.5. The number of nitrogens with one attached hydrogen (secondary N) is 1. The van der Waals surface area contributed by atoms with Gasteiger partial charge < -0.3 is 20.3 Å². The largest absolute Gasteiger partial charge is 0.449 e. The summed E-state index contributed by atoms with van der Waals surface area (Å²) in [5.41, 5.74) is 0.395. The number of amides is 1. The Balaban J connectivity index is 2.30. The third-order valence-electron chi connectivity index (χ3n) is 10.8. The van der Waals surface area contributed by atoms with Crippen LogP contribution >= 0.6 is 0 Å². The molecule has 0 fully saturated rings. The maximum absolute atomic E-state index is 13.4. The zero-order valence-electron chi connectivity index (χ0n) is 35.4. The van der Waals surface area contributed by atoms with Crippen molar-refractivity contribution in [2.75, 3.05) is 6.61 Å². The molecule has 0 saturated carbocycles. The van der Waals surface area contributed by atoms with Crippen LogP contribution in [-0.4, -0.2) is 46.9 Å². The number of aliphatic hydroxyl groups is 2. The lowest BCUT2D eigenvalue weighted by molar-refractivity contribution is -0.132. The van der Waals surface area contributed by atoms with E-state index in [1.165, 1.54) is 154 Å². The molecule has 1 rings (SSSR count). The molecular formula is C48H85NO5. The number of ether oxygens (including phenoxy) is 1. The zero-order valence-corrected chi connectivity index (χ0v) is 35.4. The minimum absolute atomic E-state index is 0.395. The van der Waals surface area contributed by atoms with E-state index in [0.29, 0.717) is 12.0 Å². The highest BCUT2D eigenvalue weighted by molar-refractivity contribution is 5.92. The summed E-state index contributed by atoms with van der Waals surface area (Å²) in [6.07, 6.45) is 38.9. The van der Waals surface area contributed by atoms with Gasteiger partial charge in [0.15, 0.2) is 6.10 Å². The first-order chi connectivity index (χ1) is 26.4. The van der Waals surface area contributed by atoms with E-state index in [-0.39, 0.29) is 0 Å². The number of carbonyl (C=O) groups is 2. The second-order valence-corrected chi connectivity index (χ2v) is 16.4. The normalized spacial score (nSPS) is 13.4. The van der Waals surface area contributed by atoms with Gasteiger partial charge in [-0.25, -0.2) is 4.79 Å². The van der Waals surface area contributed by atoms with Crippen LogP contribution in [0.4, 0.5) is 0 Å². The average molecular weight is 756 g/mol. The lowest BCUT2D eigenvalue weighted by atomic mass is 10.0. The third-order valence-corrected chi connectivity index (χ3v) is 10.8. The van der Waals surface area contributed by atoms with Gasteiger partial charge in [-0.2, -0.15) is 0 Å². The Morgan fingerprint density at radius 1 is 0.630 bits per heavy atom. The molecule has 0 saturated heterocycles. The van der Waals surface area contributed by atoms with E-state index < -0.39 is 36.7 Å². The van der Waals surface area contributed by atoms with Crippen molar-refractivity contribution in [2.24, 2.45) is 5.92 Å². The molecule has 3 N–H and O–H groups in total. The minimum Gasteiger partial charge on any atom is -0.449 e. The Bertz CT molecular complexity index is 1010. The van der Waals surface area contributed by atoms with Crippen molar-refractivity contribution >= 4 is 11.9 Å². The van der Waals surface area contributed by atoms with Crippen LogP contribution in [0.15, 0.2) is 42.5 Å². The van der Waals surface area contributed by atoms with Gasteiger partial charge in [-0.15, -0.1) is 0 Å². The fourth-order valence-electron chi connectivity index (χ4n) is 7.18. The number of benzene rings is 1. The molecule has 0 unspecified atom stereocenters. The van der Waals surface area contributed by atoms with Crippen LogP contribution in [0.25, 0.3) is 0 Å². The third kappa shape index (κ3) is 29.2. The lowest BCUT2D eigenvalue weighted by Crippen LogP contribution is -2.49. The summed E-state index contributed by atoms with van der Waals surface area (Å²) < 4.78 is 5.71. The number of hydrogen-bond donors (Lipinski definition) is 3. The minimum atomic E-state index is -1.02. The summed E-state index contributed by atoms with van der Waals surface area (Å²) in [7, 11) is 0. The van der Waals surface area contributed by atoms with Crippen LogP contribution in [0.3, 0.4) is 0 Å². The smallest absolute Gasteiger partial charge is 0.338 e. The van der Waals surface area contributed by atoms with Crippen LogP contribution < -0.4 is 5.32 Å². The molecule has 1 amide bonds. The Morgan fingerprint density at radius 3 is 1.50 bits per heavy atom. The van der Waals surface area contributed by atoms with Gasteiger partial charge in [-0.1, -0.05) is 218 Å². The number of allylic oxidation sites excluding steroid dienone is 1. The number of aliphatic hydroxyl groups excluding tert-OH is 2. The highest BCUT2D eigenvalue weighted by Gasteiger charge is 2.27. The molecule has 0 heterocycles. The van der Waals surface area contributed by atoms with E-state index in [1.807, 2.05) is 12.1 Å². The topological polar surface area (TPSA) is 95.9 Å². The van der Waals surface area contributed by atoms with E-state index in [1.54, 1.807) is 30.3 Å². The molecule has 1 aromatic rings. The SMILES string of the molecule is CCCCCCCCCCCCCCCCCCCCCC[C@@H](OC(=O)c1ccccc1)C(=O)N[C@@H](CO)[C@H](O)/C=C/CCCCCCCCCC(C)C. The fraction of sp³-hybridized carbons (Fsp3) is 0.792. The maximum Gasteiger partial charge on any atom is 0.338 e. The summed E-state index contributed by atoms with van der Waals surface area (Å²) in [5.74, 6) is -0.222. The van der Waals surface area contributed by atoms with Gasteiger partial charge in [0, 0.05) is 0 Å². The zero-order chi connectivity index (χ0) is 39.3. The molecular weight excluding hydrogens is 671 g/mol. The van der Waals surface area contributed by atoms with Gasteiger partial charge >= 0.3 is 5.97 Å². The fourth-order valence-corrected chi connectivity index (χ4v) is 7.18. The number of carbonyl (C=O) groups excluding carboxylic acids is 2. The first-order valence-corrected chi connectivity index (χ1v) is 22.9. The highest BCUT2D eigenvalue weighted by Crippen LogP contribution is 2.17. The van der Waals surface area contributed by atoms with Gasteiger partial charge in [0.25, 0.3) is 5.91 Å². The predicted molar refractivity (Wildman–Crippen MR) is 229 cm³/mol. The molecule has 1 aromatic carbocycles. The van der Waals surface area contributed by atoms with Gasteiger partial charge in [-0.05, 0) is 43.7 Å². The number of rotatable bonds is 38. The molecule has 0 aliphatic rings. The van der Waals surface area contributed by atoms with Crippen molar-refractivity contribution in [1.29, 1.82) is 0 Å². The Morgan fingerprint density at radius 2 is 1.06 bits per heavy atom. The average Bonchev–Trinajstić information content (AvgIpc) is 3.17. The molecule has 0 spiro atoms. The van der Waals surface area contributed by atoms with E-state index in [2.05, 4.69) is 26.1 Å². The first kappa shape index (κ1) is 49.8. The van der Waals surface area contributed by atoms with E-state index in [9.17, 15) is 19.8 Å². The van der Waals surface area contributed by atoms with Gasteiger partial charge in [0.1, 0.15) is 0 Å². The van der Waals surface area contributed by atoms with Crippen LogP contribution in [-0.2, 0) is 9.53 Å². The van der Waals surface area contributed by atoms with Gasteiger partial charge in [0.2, 0.25) is 0 Å². The molecule has 0 aromatic heterocycles. The molecule has 6 heteroatoms. The molecule has 0 bridgehead atoms. The molecule has 0 aliphatic carbocycles. The van der Waals surface area contributed by atoms with Crippen molar-refractivity contribution in [3.05, 3.63) is 48.0 Å². The number of unbranched alkanes of at least 4 members (excludes halogenated alkanes) is 26. The van der Waals surface area contributed by atoms with Crippen molar-refractivity contribution in [1.82, 2.24) is 5.32 Å². The summed E-state index contributed by atoms with van der Waals surface area (Å²) >= 11 is 0. The molecule has 54 heavy (non-hydrogen) atoms. The van der Waals surface area contributed by atoms with Crippen LogP contribution in [0.5, 0.6) is 0 Å². The maximum atomic E-state index is 13.4. The van der Waals surface area contributed by atoms with Crippen molar-refractivity contribution < 1.29 is 24.5 Å². The summed E-state index contributed by atoms with van der Waals surface area (Å²) in [5, 5.41) is 23.5. The van der Waals surface area contributed by atoms with E-state index >= 15 is 0 Å². The molecule has 3 atom stereocenters. The van der Waals surface area contributed by atoms with Gasteiger partial charge in [0.05, 0.1) is 24.3 Å². The second-order valence-electron chi connectivity index (χ2n) is 16.4. The van der Waals surface area contributed by atoms with Gasteiger partial charge in [-0.3, -0.25) is 4.79 Å². The Hall–Kier alpha value is -2.18. The van der Waals surface area contributed by atoms with Crippen molar-refractivity contribution in [3.8, 4) is 0 Å². The van der Waals surface area contributed by atoms with Crippen molar-refractivity contribution in [2.45, 2.75) is 232 Å². The van der Waals surface area contributed by atoms with Crippen LogP contribution in [0.1, 0.15) is 224 Å². The number of esters is 1. The number of hydrogen-bond acceptors (Lipinski definition) is 5. The Labute approximate surface area is 333 Å². The first-order valence-electron chi connectivity index (χ1n) is 22.9. The summed E-state index contributed by atoms with van der Waals surface area (Å²) in [6, 6.07) is 7.85. The summed E-state index contributed by atoms with van der Waals surface area (Å²) in [6.45, 7) is 6.44. The van der Waals surface area contributed by atoms with Crippen LogP contribution in [0, 0.1) is 5.92 Å². The standard InChI is InChI=1S/C48H85NO5/c1-4-5-6-7-8-9-10-11-12-13-14-15-16-17-18-19-23-26-29-35-40-46(54-48(53)43-37-32-30-33-38-43)47(52)49-44(41-50)45(51)39-34-28-25-22-20-21-24-27-31-36-42(2)3/h30,32-34,37-39,42,44-46,50-51H,4-29,31,35-36,40-41H2,1-3H3,(H,49,52)/b39-34+/t44-,45+,46+/m0/s1. The molecule has 0 aliphatic heterocycles. The Kier molecular flexibility index (Phi) is 33.6.